The van der Waals surface area contributed by atoms with Crippen molar-refractivity contribution in [2.75, 3.05) is 19.7 Å². The number of hydrogen-bond acceptors (Lipinski definition) is 3. The second kappa shape index (κ2) is 6.19. The molecule has 0 spiro atoms. The van der Waals surface area contributed by atoms with Gasteiger partial charge >= 0.3 is 0 Å². The van der Waals surface area contributed by atoms with E-state index < -0.39 is 0 Å². The standard InChI is InChI=1S/C21H23NO3/c1-21(14-23)11-6-12-22(13-21)20(24)19-15-7-2-4-9-17(15)25-18-10-5-3-8-16(18)19/h2-5,7-10,19,23H,6,11-14H2,1H3. The van der Waals surface area contributed by atoms with E-state index in [1.807, 2.05) is 53.4 Å². The Morgan fingerprint density at radius 1 is 1.16 bits per heavy atom. The van der Waals surface area contributed by atoms with Crippen molar-refractivity contribution in [2.24, 2.45) is 5.41 Å². The third kappa shape index (κ3) is 2.81. The molecule has 2 aromatic rings. The van der Waals surface area contributed by atoms with Crippen molar-refractivity contribution in [3.8, 4) is 11.5 Å². The number of para-hydroxylation sites is 2. The van der Waals surface area contributed by atoms with Gasteiger partial charge in [-0.05, 0) is 25.0 Å². The lowest BCUT2D eigenvalue weighted by molar-refractivity contribution is -0.136. The molecular weight excluding hydrogens is 314 g/mol. The molecule has 0 bridgehead atoms. The molecule has 1 fully saturated rings. The minimum Gasteiger partial charge on any atom is -0.457 e. The number of aliphatic hydroxyl groups is 1. The average Bonchev–Trinajstić information content (AvgIpc) is 2.65. The number of amides is 1. The summed E-state index contributed by atoms with van der Waals surface area (Å²) in [6, 6.07) is 15.5. The van der Waals surface area contributed by atoms with E-state index in [0.717, 1.165) is 42.0 Å². The van der Waals surface area contributed by atoms with Crippen LogP contribution in [-0.4, -0.2) is 35.6 Å². The highest BCUT2D eigenvalue weighted by molar-refractivity contribution is 5.89. The first-order chi connectivity index (χ1) is 12.1. The fourth-order valence-corrected chi connectivity index (χ4v) is 3.99. The first kappa shape index (κ1) is 16.2. The Morgan fingerprint density at radius 2 is 1.76 bits per heavy atom. The van der Waals surface area contributed by atoms with Gasteiger partial charge in [0.1, 0.15) is 11.5 Å². The van der Waals surface area contributed by atoms with Gasteiger partial charge in [0.15, 0.2) is 0 Å². The molecule has 1 unspecified atom stereocenters. The number of aliphatic hydroxyl groups excluding tert-OH is 1. The average molecular weight is 337 g/mol. The summed E-state index contributed by atoms with van der Waals surface area (Å²) >= 11 is 0. The molecule has 1 amide bonds. The van der Waals surface area contributed by atoms with Gasteiger partial charge in [0.05, 0.1) is 12.5 Å². The molecule has 25 heavy (non-hydrogen) atoms. The summed E-state index contributed by atoms with van der Waals surface area (Å²) < 4.78 is 6.00. The second-order valence-corrected chi connectivity index (χ2v) is 7.44. The van der Waals surface area contributed by atoms with Crippen molar-refractivity contribution in [3.05, 3.63) is 59.7 Å². The summed E-state index contributed by atoms with van der Waals surface area (Å²) in [7, 11) is 0. The summed E-state index contributed by atoms with van der Waals surface area (Å²) in [4.78, 5) is 15.4. The van der Waals surface area contributed by atoms with E-state index in [4.69, 9.17) is 4.74 Å². The molecule has 1 saturated heterocycles. The Morgan fingerprint density at radius 3 is 2.36 bits per heavy atom. The molecule has 0 aliphatic carbocycles. The van der Waals surface area contributed by atoms with E-state index in [1.54, 1.807) is 0 Å². The SMILES string of the molecule is CC1(CO)CCCN(C(=O)C2c3ccccc3Oc3ccccc32)C1. The molecular formula is C21H23NO3. The van der Waals surface area contributed by atoms with Crippen LogP contribution in [-0.2, 0) is 4.79 Å². The summed E-state index contributed by atoms with van der Waals surface area (Å²) in [5, 5.41) is 9.72. The number of ether oxygens (including phenoxy) is 1. The summed E-state index contributed by atoms with van der Waals surface area (Å²) in [5.41, 5.74) is 1.63. The van der Waals surface area contributed by atoms with E-state index in [2.05, 4.69) is 6.92 Å². The van der Waals surface area contributed by atoms with Crippen LogP contribution < -0.4 is 4.74 Å². The van der Waals surface area contributed by atoms with E-state index >= 15 is 0 Å². The van der Waals surface area contributed by atoms with E-state index in [-0.39, 0.29) is 23.8 Å². The van der Waals surface area contributed by atoms with Crippen molar-refractivity contribution in [2.45, 2.75) is 25.7 Å². The number of nitrogens with zero attached hydrogens (tertiary/aromatic N) is 1. The van der Waals surface area contributed by atoms with Crippen LogP contribution in [0.25, 0.3) is 0 Å². The third-order valence-electron chi connectivity index (χ3n) is 5.40. The number of rotatable bonds is 2. The largest absolute Gasteiger partial charge is 0.457 e. The molecule has 2 aromatic carbocycles. The molecule has 2 aliphatic heterocycles. The Bertz CT molecular complexity index is 758. The Balaban J connectivity index is 1.73. The van der Waals surface area contributed by atoms with Crippen molar-refractivity contribution in [1.82, 2.24) is 4.90 Å². The Hall–Kier alpha value is -2.33. The van der Waals surface area contributed by atoms with E-state index in [9.17, 15) is 9.90 Å². The molecule has 4 nitrogen and oxygen atoms in total. The maximum Gasteiger partial charge on any atom is 0.234 e. The zero-order valence-electron chi connectivity index (χ0n) is 14.4. The van der Waals surface area contributed by atoms with Gasteiger partial charge in [-0.3, -0.25) is 4.79 Å². The first-order valence-electron chi connectivity index (χ1n) is 8.87. The van der Waals surface area contributed by atoms with Crippen LogP contribution in [0.1, 0.15) is 36.8 Å². The van der Waals surface area contributed by atoms with Gasteiger partial charge < -0.3 is 14.7 Å². The first-order valence-corrected chi connectivity index (χ1v) is 8.87. The van der Waals surface area contributed by atoms with Gasteiger partial charge in [0, 0.05) is 29.6 Å². The lowest BCUT2D eigenvalue weighted by atomic mass is 9.81. The van der Waals surface area contributed by atoms with Crippen LogP contribution in [0.5, 0.6) is 11.5 Å². The minimum absolute atomic E-state index is 0.0996. The van der Waals surface area contributed by atoms with E-state index in [0.29, 0.717) is 6.54 Å². The topological polar surface area (TPSA) is 49.8 Å². The van der Waals surface area contributed by atoms with Crippen LogP contribution in [0.15, 0.2) is 48.5 Å². The normalized spacial score (nSPS) is 22.7. The summed E-state index contributed by atoms with van der Waals surface area (Å²) in [6.07, 6.45) is 1.88. The van der Waals surface area contributed by atoms with Crippen LogP contribution in [0.3, 0.4) is 0 Å². The van der Waals surface area contributed by atoms with Crippen molar-refractivity contribution in [3.63, 3.8) is 0 Å². The number of hydrogen-bond donors (Lipinski definition) is 1. The fraction of sp³-hybridized carbons (Fsp3) is 0.381. The molecule has 4 heteroatoms. The van der Waals surface area contributed by atoms with Gasteiger partial charge in [0.2, 0.25) is 5.91 Å². The minimum atomic E-state index is -0.345. The second-order valence-electron chi connectivity index (χ2n) is 7.44. The predicted octanol–water partition coefficient (Wildman–Crippen LogP) is 3.55. The molecule has 0 saturated carbocycles. The van der Waals surface area contributed by atoms with E-state index in [1.165, 1.54) is 0 Å². The quantitative estimate of drug-likeness (QED) is 0.912. The fourth-order valence-electron chi connectivity index (χ4n) is 3.99. The number of carbonyl (C=O) groups is 1. The molecule has 130 valence electrons. The monoisotopic (exact) mass is 337 g/mol. The van der Waals surface area contributed by atoms with Gasteiger partial charge in [-0.15, -0.1) is 0 Å². The molecule has 0 radical (unpaired) electrons. The maximum absolute atomic E-state index is 13.5. The zero-order chi connectivity index (χ0) is 17.4. The van der Waals surface area contributed by atoms with Gasteiger partial charge in [-0.25, -0.2) is 0 Å². The lowest BCUT2D eigenvalue weighted by Crippen LogP contribution is -2.48. The van der Waals surface area contributed by atoms with Crippen molar-refractivity contribution in [1.29, 1.82) is 0 Å². The Kier molecular flexibility index (Phi) is 4.00. The van der Waals surface area contributed by atoms with Crippen LogP contribution in [0, 0.1) is 5.41 Å². The zero-order valence-corrected chi connectivity index (χ0v) is 14.4. The van der Waals surface area contributed by atoms with Crippen LogP contribution in [0.2, 0.25) is 0 Å². The van der Waals surface area contributed by atoms with Gasteiger partial charge in [-0.1, -0.05) is 43.3 Å². The summed E-state index contributed by atoms with van der Waals surface area (Å²) in [5.74, 6) is 1.26. The van der Waals surface area contributed by atoms with Crippen LogP contribution >= 0.6 is 0 Å². The number of carbonyl (C=O) groups excluding carboxylic acids is 1. The summed E-state index contributed by atoms with van der Waals surface area (Å²) in [6.45, 7) is 3.51. The van der Waals surface area contributed by atoms with Gasteiger partial charge in [0.25, 0.3) is 0 Å². The molecule has 0 aromatic heterocycles. The lowest BCUT2D eigenvalue weighted by Gasteiger charge is -2.41. The van der Waals surface area contributed by atoms with Crippen molar-refractivity contribution >= 4 is 5.91 Å². The number of fused-ring (bicyclic) bond motifs is 2. The predicted molar refractivity (Wildman–Crippen MR) is 95.8 cm³/mol. The third-order valence-corrected chi connectivity index (χ3v) is 5.40. The Labute approximate surface area is 148 Å². The number of piperidine rings is 1. The maximum atomic E-state index is 13.5. The molecule has 2 aliphatic rings. The van der Waals surface area contributed by atoms with Crippen molar-refractivity contribution < 1.29 is 14.6 Å². The highest BCUT2D eigenvalue weighted by Gasteiger charge is 2.39. The molecule has 1 atom stereocenters. The molecule has 2 heterocycles. The smallest absolute Gasteiger partial charge is 0.234 e. The highest BCUT2D eigenvalue weighted by atomic mass is 16.5. The number of benzene rings is 2. The number of likely N-dealkylation sites (tertiary alicyclic amines) is 1. The highest BCUT2D eigenvalue weighted by Crippen LogP contribution is 2.45. The molecule has 1 N–H and O–H groups in total. The van der Waals surface area contributed by atoms with Gasteiger partial charge in [-0.2, -0.15) is 0 Å². The van der Waals surface area contributed by atoms with Crippen LogP contribution in [0.4, 0.5) is 0 Å². The molecule has 4 rings (SSSR count).